The molecule has 0 bridgehead atoms. The first kappa shape index (κ1) is 17.9. The largest absolute Gasteiger partial charge is 0.418 e. The van der Waals surface area contributed by atoms with Gasteiger partial charge in [0.05, 0.1) is 11.4 Å². The summed E-state index contributed by atoms with van der Waals surface area (Å²) >= 11 is 6.04. The summed E-state index contributed by atoms with van der Waals surface area (Å²) in [5.74, 6) is 0.440. The van der Waals surface area contributed by atoms with E-state index < -0.39 is 0 Å². The van der Waals surface area contributed by atoms with Crippen LogP contribution in [0.4, 0.5) is 10.1 Å². The van der Waals surface area contributed by atoms with Gasteiger partial charge < -0.3 is 10.5 Å². The first-order chi connectivity index (χ1) is 13.5. The number of benzene rings is 2. The van der Waals surface area contributed by atoms with Crippen LogP contribution in [0.5, 0.6) is 11.8 Å². The summed E-state index contributed by atoms with van der Waals surface area (Å²) in [6.45, 7) is 1.68. The van der Waals surface area contributed by atoms with Crippen molar-refractivity contribution in [3.05, 3.63) is 77.5 Å². The maximum atomic E-state index is 13.8. The number of hydrogen-bond acceptors (Lipinski definition) is 5. The number of anilines is 1. The van der Waals surface area contributed by atoms with Crippen molar-refractivity contribution < 1.29 is 9.13 Å². The SMILES string of the molecule is Cc1nc(Cl)c(N)c(Oc2cc(-c3ccccc3)nn2-c2cccc(F)c2)n1. The molecular formula is C20H15ClFN5O. The predicted molar refractivity (Wildman–Crippen MR) is 105 cm³/mol. The van der Waals surface area contributed by atoms with E-state index >= 15 is 0 Å². The Labute approximate surface area is 165 Å². The first-order valence-electron chi connectivity index (χ1n) is 8.40. The van der Waals surface area contributed by atoms with Gasteiger partial charge in [-0.3, -0.25) is 0 Å². The van der Waals surface area contributed by atoms with Crippen molar-refractivity contribution in [1.82, 2.24) is 19.7 Å². The van der Waals surface area contributed by atoms with E-state index in [-0.39, 0.29) is 22.5 Å². The third-order valence-corrected chi connectivity index (χ3v) is 4.26. The van der Waals surface area contributed by atoms with E-state index in [0.29, 0.717) is 23.1 Å². The number of nitrogen functional groups attached to an aromatic ring is 1. The molecule has 2 aromatic heterocycles. The van der Waals surface area contributed by atoms with E-state index in [2.05, 4.69) is 15.1 Å². The van der Waals surface area contributed by atoms with Crippen LogP contribution in [0.1, 0.15) is 5.82 Å². The molecular weight excluding hydrogens is 381 g/mol. The predicted octanol–water partition coefficient (Wildman–Crippen LogP) is 4.80. The van der Waals surface area contributed by atoms with Gasteiger partial charge in [0.25, 0.3) is 0 Å². The van der Waals surface area contributed by atoms with Crippen LogP contribution in [0.3, 0.4) is 0 Å². The third kappa shape index (κ3) is 3.52. The van der Waals surface area contributed by atoms with Gasteiger partial charge in [-0.25, -0.2) is 9.37 Å². The molecule has 2 heterocycles. The van der Waals surface area contributed by atoms with Crippen molar-refractivity contribution in [2.75, 3.05) is 5.73 Å². The minimum Gasteiger partial charge on any atom is -0.418 e. The zero-order valence-corrected chi connectivity index (χ0v) is 15.6. The van der Waals surface area contributed by atoms with Crippen LogP contribution in [0.2, 0.25) is 5.15 Å². The minimum absolute atomic E-state index is 0.0996. The molecule has 2 N–H and O–H groups in total. The quantitative estimate of drug-likeness (QED) is 0.502. The number of nitrogens with two attached hydrogens (primary N) is 1. The molecule has 28 heavy (non-hydrogen) atoms. The molecule has 0 atom stereocenters. The van der Waals surface area contributed by atoms with E-state index in [1.807, 2.05) is 30.3 Å². The number of halogens is 2. The fourth-order valence-electron chi connectivity index (χ4n) is 2.68. The highest BCUT2D eigenvalue weighted by Crippen LogP contribution is 2.33. The monoisotopic (exact) mass is 395 g/mol. The highest BCUT2D eigenvalue weighted by molar-refractivity contribution is 6.32. The Kier molecular flexibility index (Phi) is 4.67. The molecule has 0 radical (unpaired) electrons. The molecule has 0 saturated heterocycles. The molecule has 0 fully saturated rings. The highest BCUT2D eigenvalue weighted by Gasteiger charge is 2.17. The number of aromatic nitrogens is 4. The van der Waals surface area contributed by atoms with E-state index in [0.717, 1.165) is 5.56 Å². The maximum Gasteiger partial charge on any atom is 0.249 e. The van der Waals surface area contributed by atoms with Gasteiger partial charge in [-0.15, -0.1) is 0 Å². The second kappa shape index (κ2) is 7.28. The molecule has 140 valence electrons. The topological polar surface area (TPSA) is 78.9 Å². The van der Waals surface area contributed by atoms with Crippen molar-refractivity contribution in [1.29, 1.82) is 0 Å². The van der Waals surface area contributed by atoms with E-state index in [4.69, 9.17) is 22.1 Å². The van der Waals surface area contributed by atoms with Gasteiger partial charge in [-0.1, -0.05) is 48.0 Å². The van der Waals surface area contributed by atoms with Gasteiger partial charge in [-0.2, -0.15) is 14.8 Å². The normalized spacial score (nSPS) is 10.8. The van der Waals surface area contributed by atoms with Crippen LogP contribution in [-0.2, 0) is 0 Å². The Morgan fingerprint density at radius 1 is 1.04 bits per heavy atom. The lowest BCUT2D eigenvalue weighted by Crippen LogP contribution is -2.04. The number of rotatable bonds is 4. The molecule has 6 nitrogen and oxygen atoms in total. The van der Waals surface area contributed by atoms with Crippen molar-refractivity contribution >= 4 is 17.3 Å². The van der Waals surface area contributed by atoms with Crippen molar-refractivity contribution in [2.45, 2.75) is 6.92 Å². The molecule has 0 amide bonds. The first-order valence-corrected chi connectivity index (χ1v) is 8.78. The summed E-state index contributed by atoms with van der Waals surface area (Å²) in [4.78, 5) is 8.20. The molecule has 8 heteroatoms. The lowest BCUT2D eigenvalue weighted by Gasteiger charge is -2.10. The second-order valence-electron chi connectivity index (χ2n) is 6.01. The third-order valence-electron chi connectivity index (χ3n) is 3.98. The molecule has 4 aromatic rings. The highest BCUT2D eigenvalue weighted by atomic mass is 35.5. The number of ether oxygens (including phenoxy) is 1. The van der Waals surface area contributed by atoms with Crippen LogP contribution in [0, 0.1) is 12.7 Å². The molecule has 0 aliphatic heterocycles. The summed E-state index contributed by atoms with van der Waals surface area (Å²) in [5, 5.41) is 4.67. The molecule has 4 rings (SSSR count). The second-order valence-corrected chi connectivity index (χ2v) is 6.37. The van der Waals surface area contributed by atoms with Crippen molar-refractivity contribution in [2.24, 2.45) is 0 Å². The average molecular weight is 396 g/mol. The van der Waals surface area contributed by atoms with E-state index in [9.17, 15) is 4.39 Å². The summed E-state index contributed by atoms with van der Waals surface area (Å²) in [5.41, 5.74) is 8.09. The Hall–Kier alpha value is -3.45. The van der Waals surface area contributed by atoms with Crippen LogP contribution >= 0.6 is 11.6 Å². The van der Waals surface area contributed by atoms with Crippen LogP contribution in [0.15, 0.2) is 60.7 Å². The zero-order valence-electron chi connectivity index (χ0n) is 14.8. The number of hydrogen-bond donors (Lipinski definition) is 1. The smallest absolute Gasteiger partial charge is 0.249 e. The summed E-state index contributed by atoms with van der Waals surface area (Å²) in [7, 11) is 0. The number of nitrogens with zero attached hydrogens (tertiary/aromatic N) is 4. The number of aryl methyl sites for hydroxylation is 1. The van der Waals surface area contributed by atoms with Gasteiger partial charge in [0.1, 0.15) is 17.3 Å². The average Bonchev–Trinajstić information content (AvgIpc) is 3.10. The lowest BCUT2D eigenvalue weighted by molar-refractivity contribution is 0.427. The fourth-order valence-corrected chi connectivity index (χ4v) is 2.88. The standard InChI is InChI=1S/C20H15ClFN5O/c1-12-24-19(21)18(23)20(25-12)28-17-11-16(13-6-3-2-4-7-13)26-27(17)15-9-5-8-14(22)10-15/h2-11H,23H2,1H3. The van der Waals surface area contributed by atoms with Gasteiger partial charge in [0.2, 0.25) is 11.8 Å². The zero-order chi connectivity index (χ0) is 19.7. The molecule has 0 aliphatic carbocycles. The minimum atomic E-state index is -0.388. The Bertz CT molecular complexity index is 1150. The summed E-state index contributed by atoms with van der Waals surface area (Å²) in [6, 6.07) is 17.3. The molecule has 0 saturated carbocycles. The van der Waals surface area contributed by atoms with Gasteiger partial charge in [0, 0.05) is 11.6 Å². The summed E-state index contributed by atoms with van der Waals surface area (Å²) < 4.78 is 21.2. The molecule has 0 unspecified atom stereocenters. The Morgan fingerprint density at radius 2 is 1.82 bits per heavy atom. The van der Waals surface area contributed by atoms with Crippen LogP contribution < -0.4 is 10.5 Å². The van der Waals surface area contributed by atoms with Crippen molar-refractivity contribution in [3.8, 4) is 28.7 Å². The van der Waals surface area contributed by atoms with E-state index in [1.165, 1.54) is 16.8 Å². The van der Waals surface area contributed by atoms with Crippen LogP contribution in [-0.4, -0.2) is 19.7 Å². The Morgan fingerprint density at radius 3 is 2.57 bits per heavy atom. The van der Waals surface area contributed by atoms with Crippen LogP contribution in [0.25, 0.3) is 16.9 Å². The Balaban J connectivity index is 1.84. The van der Waals surface area contributed by atoms with Crippen molar-refractivity contribution in [3.63, 3.8) is 0 Å². The summed E-state index contributed by atoms with van der Waals surface area (Å²) in [6.07, 6.45) is 0. The van der Waals surface area contributed by atoms with Gasteiger partial charge >= 0.3 is 0 Å². The molecule has 0 aliphatic rings. The lowest BCUT2D eigenvalue weighted by atomic mass is 10.2. The molecule has 2 aromatic carbocycles. The van der Waals surface area contributed by atoms with Gasteiger partial charge in [-0.05, 0) is 25.1 Å². The van der Waals surface area contributed by atoms with Gasteiger partial charge in [0.15, 0.2) is 5.15 Å². The fraction of sp³-hybridized carbons (Fsp3) is 0.0500. The molecule has 0 spiro atoms. The van der Waals surface area contributed by atoms with E-state index in [1.54, 1.807) is 25.1 Å². The maximum absolute atomic E-state index is 13.8.